The highest BCUT2D eigenvalue weighted by atomic mass is 19.1. The van der Waals surface area contributed by atoms with E-state index in [9.17, 15) is 14.0 Å². The summed E-state index contributed by atoms with van der Waals surface area (Å²) in [6, 6.07) is 12.7. The van der Waals surface area contributed by atoms with Crippen molar-refractivity contribution < 1.29 is 14.0 Å². The number of hydrogen-bond acceptors (Lipinski definition) is 3. The van der Waals surface area contributed by atoms with E-state index in [0.29, 0.717) is 17.7 Å². The van der Waals surface area contributed by atoms with E-state index in [1.807, 2.05) is 17.0 Å². The van der Waals surface area contributed by atoms with E-state index in [2.05, 4.69) is 17.3 Å². The molecule has 0 aromatic heterocycles. The van der Waals surface area contributed by atoms with Crippen molar-refractivity contribution in [2.45, 2.75) is 6.54 Å². The summed E-state index contributed by atoms with van der Waals surface area (Å²) in [6.07, 6.45) is 0. The number of halogens is 1. The van der Waals surface area contributed by atoms with Crippen LogP contribution in [0.25, 0.3) is 0 Å². The first-order valence-electron chi connectivity index (χ1n) is 8.63. The summed E-state index contributed by atoms with van der Waals surface area (Å²) in [5.74, 6) is -0.593. The molecule has 3 rings (SSSR count). The van der Waals surface area contributed by atoms with Gasteiger partial charge in [-0.1, -0.05) is 12.1 Å². The van der Waals surface area contributed by atoms with Crippen LogP contribution in [0.15, 0.2) is 48.5 Å². The van der Waals surface area contributed by atoms with Gasteiger partial charge in [0.1, 0.15) is 5.82 Å². The normalized spacial score (nSPS) is 14.9. The topological polar surface area (TPSA) is 52.6 Å². The van der Waals surface area contributed by atoms with Crippen molar-refractivity contribution in [3.8, 4) is 0 Å². The first-order chi connectivity index (χ1) is 12.5. The number of rotatable bonds is 4. The number of carbonyl (C=O) groups is 2. The molecule has 1 aliphatic heterocycles. The molecule has 5 nitrogen and oxygen atoms in total. The summed E-state index contributed by atoms with van der Waals surface area (Å²) in [4.78, 5) is 28.6. The fraction of sp³-hybridized carbons (Fsp3) is 0.300. The van der Waals surface area contributed by atoms with Gasteiger partial charge in [-0.25, -0.2) is 4.39 Å². The molecule has 2 amide bonds. The molecular formula is C20H22FN3O2. The van der Waals surface area contributed by atoms with Crippen molar-refractivity contribution in [1.82, 2.24) is 15.1 Å². The minimum absolute atomic E-state index is 0.0417. The lowest BCUT2D eigenvalue weighted by Crippen LogP contribution is -2.47. The summed E-state index contributed by atoms with van der Waals surface area (Å²) in [7, 11) is 2.05. The minimum atomic E-state index is -0.373. The average molecular weight is 355 g/mol. The van der Waals surface area contributed by atoms with Gasteiger partial charge in [0.05, 0.1) is 0 Å². The Balaban J connectivity index is 1.55. The Bertz CT molecular complexity index is 767. The zero-order chi connectivity index (χ0) is 18.5. The third-order valence-electron chi connectivity index (χ3n) is 4.55. The molecule has 26 heavy (non-hydrogen) atoms. The number of likely N-dealkylation sites (N-methyl/N-ethyl adjacent to an activating group) is 1. The molecular weight excluding hydrogens is 333 g/mol. The zero-order valence-corrected chi connectivity index (χ0v) is 14.7. The van der Waals surface area contributed by atoms with Gasteiger partial charge in [-0.2, -0.15) is 0 Å². The molecule has 0 unspecified atom stereocenters. The highest BCUT2D eigenvalue weighted by Crippen LogP contribution is 2.10. The fourth-order valence-corrected chi connectivity index (χ4v) is 2.84. The lowest BCUT2D eigenvalue weighted by molar-refractivity contribution is 0.0664. The minimum Gasteiger partial charge on any atom is -0.348 e. The SMILES string of the molecule is CN1CCN(C(=O)c2ccc(CNC(=O)c3ccc(F)cc3)cc2)CC1. The number of nitrogens with one attached hydrogen (secondary N) is 1. The zero-order valence-electron chi connectivity index (χ0n) is 14.7. The molecule has 0 bridgehead atoms. The Morgan fingerprint density at radius 3 is 2.12 bits per heavy atom. The number of benzene rings is 2. The third-order valence-corrected chi connectivity index (χ3v) is 4.55. The second kappa shape index (κ2) is 8.10. The second-order valence-corrected chi connectivity index (χ2v) is 6.48. The first kappa shape index (κ1) is 18.1. The molecule has 0 aliphatic carbocycles. The van der Waals surface area contributed by atoms with Crippen molar-refractivity contribution in [3.05, 3.63) is 71.0 Å². The molecule has 2 aromatic rings. The Morgan fingerprint density at radius 1 is 0.923 bits per heavy atom. The van der Waals surface area contributed by atoms with Crippen LogP contribution >= 0.6 is 0 Å². The van der Waals surface area contributed by atoms with Gasteiger partial charge >= 0.3 is 0 Å². The molecule has 0 atom stereocenters. The van der Waals surface area contributed by atoms with E-state index in [4.69, 9.17) is 0 Å². The van der Waals surface area contributed by atoms with Gasteiger partial charge in [0, 0.05) is 43.9 Å². The molecule has 0 radical (unpaired) electrons. The van der Waals surface area contributed by atoms with E-state index >= 15 is 0 Å². The maximum absolute atomic E-state index is 12.9. The Morgan fingerprint density at radius 2 is 1.50 bits per heavy atom. The number of hydrogen-bond donors (Lipinski definition) is 1. The molecule has 1 saturated heterocycles. The predicted octanol–water partition coefficient (Wildman–Crippen LogP) is 2.14. The van der Waals surface area contributed by atoms with Gasteiger partial charge < -0.3 is 15.1 Å². The number of piperazine rings is 1. The van der Waals surface area contributed by atoms with Gasteiger partial charge in [0.25, 0.3) is 11.8 Å². The third kappa shape index (κ3) is 4.46. The Kier molecular flexibility index (Phi) is 5.63. The fourth-order valence-electron chi connectivity index (χ4n) is 2.84. The van der Waals surface area contributed by atoms with Crippen molar-refractivity contribution in [2.75, 3.05) is 33.2 Å². The van der Waals surface area contributed by atoms with Crippen LogP contribution in [0.3, 0.4) is 0 Å². The van der Waals surface area contributed by atoms with E-state index < -0.39 is 0 Å². The van der Waals surface area contributed by atoms with Gasteiger partial charge in [0.2, 0.25) is 0 Å². The molecule has 0 saturated carbocycles. The highest BCUT2D eigenvalue weighted by molar-refractivity contribution is 5.95. The summed E-state index contributed by atoms with van der Waals surface area (Å²) in [5.41, 5.74) is 1.96. The molecule has 1 aliphatic rings. The Labute approximate surface area is 152 Å². The van der Waals surface area contributed by atoms with Crippen molar-refractivity contribution in [2.24, 2.45) is 0 Å². The van der Waals surface area contributed by atoms with Crippen LogP contribution in [0.4, 0.5) is 4.39 Å². The van der Waals surface area contributed by atoms with E-state index in [-0.39, 0.29) is 17.6 Å². The molecule has 0 spiro atoms. The average Bonchev–Trinajstić information content (AvgIpc) is 2.67. The summed E-state index contributed by atoms with van der Waals surface area (Å²) >= 11 is 0. The second-order valence-electron chi connectivity index (χ2n) is 6.48. The summed E-state index contributed by atoms with van der Waals surface area (Å²) in [5, 5.41) is 2.79. The van der Waals surface area contributed by atoms with E-state index in [1.165, 1.54) is 24.3 Å². The lowest BCUT2D eigenvalue weighted by atomic mass is 10.1. The van der Waals surface area contributed by atoms with Crippen molar-refractivity contribution in [1.29, 1.82) is 0 Å². The van der Waals surface area contributed by atoms with E-state index in [0.717, 1.165) is 31.7 Å². The van der Waals surface area contributed by atoms with Crippen LogP contribution in [0.1, 0.15) is 26.3 Å². The summed E-state index contributed by atoms with van der Waals surface area (Å²) in [6.45, 7) is 3.60. The maximum atomic E-state index is 12.9. The molecule has 2 aromatic carbocycles. The van der Waals surface area contributed by atoms with Crippen LogP contribution in [0.5, 0.6) is 0 Å². The number of carbonyl (C=O) groups excluding carboxylic acids is 2. The Hall–Kier alpha value is -2.73. The monoisotopic (exact) mass is 355 g/mol. The smallest absolute Gasteiger partial charge is 0.253 e. The molecule has 6 heteroatoms. The quantitative estimate of drug-likeness (QED) is 0.914. The lowest BCUT2D eigenvalue weighted by Gasteiger charge is -2.32. The summed E-state index contributed by atoms with van der Waals surface area (Å²) < 4.78 is 12.9. The number of nitrogens with zero attached hydrogens (tertiary/aromatic N) is 2. The van der Waals surface area contributed by atoms with Crippen molar-refractivity contribution in [3.63, 3.8) is 0 Å². The van der Waals surface area contributed by atoms with Crippen LogP contribution in [0.2, 0.25) is 0 Å². The van der Waals surface area contributed by atoms with E-state index in [1.54, 1.807) is 12.1 Å². The molecule has 1 fully saturated rings. The largest absolute Gasteiger partial charge is 0.348 e. The van der Waals surface area contributed by atoms with Gasteiger partial charge in [0.15, 0.2) is 0 Å². The standard InChI is InChI=1S/C20H22FN3O2/c1-23-10-12-24(13-11-23)20(26)17-4-2-15(3-5-17)14-22-19(25)16-6-8-18(21)9-7-16/h2-9H,10-14H2,1H3,(H,22,25). The van der Waals surface area contributed by atoms with Crippen LogP contribution in [-0.4, -0.2) is 54.8 Å². The van der Waals surface area contributed by atoms with Gasteiger partial charge in [-0.15, -0.1) is 0 Å². The highest BCUT2D eigenvalue weighted by Gasteiger charge is 2.20. The van der Waals surface area contributed by atoms with Crippen LogP contribution in [0, 0.1) is 5.82 Å². The maximum Gasteiger partial charge on any atom is 0.253 e. The van der Waals surface area contributed by atoms with Crippen LogP contribution in [-0.2, 0) is 6.54 Å². The number of amides is 2. The van der Waals surface area contributed by atoms with Crippen LogP contribution < -0.4 is 5.32 Å². The molecule has 1 heterocycles. The van der Waals surface area contributed by atoms with Gasteiger partial charge in [-0.3, -0.25) is 9.59 Å². The van der Waals surface area contributed by atoms with Crippen molar-refractivity contribution >= 4 is 11.8 Å². The molecule has 1 N–H and O–H groups in total. The molecule has 136 valence electrons. The predicted molar refractivity (Wildman–Crippen MR) is 97.4 cm³/mol. The van der Waals surface area contributed by atoms with Gasteiger partial charge in [-0.05, 0) is 49.0 Å². The first-order valence-corrected chi connectivity index (χ1v) is 8.63.